The third-order valence-electron chi connectivity index (χ3n) is 3.45. The summed E-state index contributed by atoms with van der Waals surface area (Å²) in [5.74, 6) is 0.323. The lowest BCUT2D eigenvalue weighted by atomic mass is 10.2. The van der Waals surface area contributed by atoms with Gasteiger partial charge in [-0.1, -0.05) is 23.7 Å². The summed E-state index contributed by atoms with van der Waals surface area (Å²) >= 11 is 6.15. The van der Waals surface area contributed by atoms with Crippen LogP contribution in [0.5, 0.6) is 5.75 Å². The monoisotopic (exact) mass is 357 g/mol. The molecule has 1 heterocycles. The van der Waals surface area contributed by atoms with Crippen LogP contribution in [0, 0.1) is 0 Å². The number of benzene rings is 2. The molecular formula is C18H16ClN3O3. The molecule has 0 unspecified atom stereocenters. The Morgan fingerprint density at radius 2 is 1.88 bits per heavy atom. The number of nitrogens with zero attached hydrogens (tertiary/aromatic N) is 2. The molecule has 0 aliphatic carbocycles. The third kappa shape index (κ3) is 3.64. The van der Waals surface area contributed by atoms with Crippen LogP contribution in [0.2, 0.25) is 5.02 Å². The molecular weight excluding hydrogens is 342 g/mol. The lowest BCUT2D eigenvalue weighted by Crippen LogP contribution is -2.12. The van der Waals surface area contributed by atoms with E-state index in [1.165, 1.54) is 0 Å². The Kier molecular flexibility index (Phi) is 5.00. The molecule has 0 bridgehead atoms. The largest absolute Gasteiger partial charge is 0.495 e. The number of halogens is 1. The van der Waals surface area contributed by atoms with E-state index < -0.39 is 5.97 Å². The van der Waals surface area contributed by atoms with Crippen LogP contribution in [0.1, 0.15) is 17.4 Å². The summed E-state index contributed by atoms with van der Waals surface area (Å²) in [5.41, 5.74) is 2.05. The molecule has 0 fully saturated rings. The Morgan fingerprint density at radius 3 is 2.52 bits per heavy atom. The molecule has 0 spiro atoms. The molecule has 0 aliphatic heterocycles. The van der Waals surface area contributed by atoms with Crippen molar-refractivity contribution in [1.82, 2.24) is 9.97 Å². The fourth-order valence-electron chi connectivity index (χ4n) is 2.31. The predicted octanol–water partition coefficient (Wildman–Crippen LogP) is 4.21. The van der Waals surface area contributed by atoms with Crippen molar-refractivity contribution in [1.29, 1.82) is 0 Å². The Bertz CT molecular complexity index is 931. The van der Waals surface area contributed by atoms with Crippen LogP contribution in [-0.2, 0) is 4.74 Å². The molecule has 2 aromatic carbocycles. The third-order valence-corrected chi connectivity index (χ3v) is 3.75. The summed E-state index contributed by atoms with van der Waals surface area (Å²) in [6.07, 6.45) is 0. The van der Waals surface area contributed by atoms with E-state index in [4.69, 9.17) is 21.1 Å². The second-order valence-electron chi connectivity index (χ2n) is 5.10. The first kappa shape index (κ1) is 17.0. The number of carbonyl (C=O) groups excluding carboxylic acids is 1. The van der Waals surface area contributed by atoms with Crippen LogP contribution in [0.4, 0.5) is 11.5 Å². The van der Waals surface area contributed by atoms with Crippen LogP contribution < -0.4 is 10.1 Å². The van der Waals surface area contributed by atoms with Gasteiger partial charge >= 0.3 is 5.97 Å². The molecule has 128 valence electrons. The van der Waals surface area contributed by atoms with Gasteiger partial charge in [0.05, 0.1) is 29.8 Å². The first-order valence-corrected chi connectivity index (χ1v) is 8.04. The van der Waals surface area contributed by atoms with Gasteiger partial charge in [-0.25, -0.2) is 14.8 Å². The molecule has 0 saturated carbocycles. The number of anilines is 2. The van der Waals surface area contributed by atoms with Crippen molar-refractivity contribution >= 4 is 40.1 Å². The normalized spacial score (nSPS) is 10.5. The number of fused-ring (bicyclic) bond motifs is 1. The molecule has 0 radical (unpaired) electrons. The summed E-state index contributed by atoms with van der Waals surface area (Å²) in [5, 5.41) is 3.53. The summed E-state index contributed by atoms with van der Waals surface area (Å²) in [4.78, 5) is 21.1. The molecule has 25 heavy (non-hydrogen) atoms. The maximum atomic E-state index is 12.3. The van der Waals surface area contributed by atoms with Gasteiger partial charge in [0.2, 0.25) is 0 Å². The minimum Gasteiger partial charge on any atom is -0.495 e. The van der Waals surface area contributed by atoms with Gasteiger partial charge in [0.1, 0.15) is 5.75 Å². The number of hydrogen-bond donors (Lipinski definition) is 1. The average molecular weight is 358 g/mol. The number of carbonyl (C=O) groups is 1. The van der Waals surface area contributed by atoms with Crippen molar-refractivity contribution in [2.45, 2.75) is 6.92 Å². The van der Waals surface area contributed by atoms with E-state index in [0.29, 0.717) is 33.3 Å². The van der Waals surface area contributed by atoms with Crippen LogP contribution in [0.25, 0.3) is 11.0 Å². The minimum atomic E-state index is -0.539. The second-order valence-corrected chi connectivity index (χ2v) is 5.51. The zero-order valence-corrected chi connectivity index (χ0v) is 14.5. The fourth-order valence-corrected chi connectivity index (χ4v) is 2.57. The Balaban J connectivity index is 2.05. The van der Waals surface area contributed by atoms with Crippen molar-refractivity contribution < 1.29 is 14.3 Å². The smallest absolute Gasteiger partial charge is 0.360 e. The summed E-state index contributed by atoms with van der Waals surface area (Å²) in [6, 6.07) is 12.5. The lowest BCUT2D eigenvalue weighted by molar-refractivity contribution is 0.0521. The van der Waals surface area contributed by atoms with E-state index in [1.54, 1.807) is 38.3 Å². The zero-order valence-electron chi connectivity index (χ0n) is 13.7. The highest BCUT2D eigenvalue weighted by atomic mass is 35.5. The highest BCUT2D eigenvalue weighted by Crippen LogP contribution is 2.29. The van der Waals surface area contributed by atoms with E-state index in [9.17, 15) is 4.79 Å². The molecule has 7 heteroatoms. The highest BCUT2D eigenvalue weighted by molar-refractivity contribution is 6.32. The van der Waals surface area contributed by atoms with E-state index >= 15 is 0 Å². The van der Waals surface area contributed by atoms with Crippen molar-refractivity contribution in [3.63, 3.8) is 0 Å². The van der Waals surface area contributed by atoms with Crippen LogP contribution in [-0.4, -0.2) is 29.7 Å². The maximum absolute atomic E-state index is 12.3. The summed E-state index contributed by atoms with van der Waals surface area (Å²) in [7, 11) is 1.54. The Labute approximate surface area is 149 Å². The topological polar surface area (TPSA) is 73.3 Å². The van der Waals surface area contributed by atoms with Crippen molar-refractivity contribution in [3.05, 3.63) is 53.2 Å². The molecule has 0 atom stereocenters. The minimum absolute atomic E-state index is 0.118. The zero-order chi connectivity index (χ0) is 17.8. The van der Waals surface area contributed by atoms with Crippen molar-refractivity contribution in [2.75, 3.05) is 19.0 Å². The first-order chi connectivity index (χ1) is 12.1. The van der Waals surface area contributed by atoms with E-state index in [-0.39, 0.29) is 12.3 Å². The van der Waals surface area contributed by atoms with Crippen LogP contribution in [0.3, 0.4) is 0 Å². The predicted molar refractivity (Wildman–Crippen MR) is 96.8 cm³/mol. The SMILES string of the molecule is CCOC(=O)c1nc2ccccc2nc1Nc1ccc(OC)c(Cl)c1. The maximum Gasteiger partial charge on any atom is 0.360 e. The molecule has 1 N–H and O–H groups in total. The van der Waals surface area contributed by atoms with Gasteiger partial charge in [-0.15, -0.1) is 0 Å². The average Bonchev–Trinajstić information content (AvgIpc) is 2.61. The van der Waals surface area contributed by atoms with Crippen LogP contribution >= 0.6 is 11.6 Å². The second kappa shape index (κ2) is 7.36. The first-order valence-electron chi connectivity index (χ1n) is 7.67. The van der Waals surface area contributed by atoms with Gasteiger partial charge in [0.25, 0.3) is 0 Å². The molecule has 0 amide bonds. The van der Waals surface area contributed by atoms with Crippen molar-refractivity contribution in [3.8, 4) is 5.75 Å². The number of methoxy groups -OCH3 is 1. The molecule has 1 aromatic heterocycles. The fraction of sp³-hybridized carbons (Fsp3) is 0.167. The lowest BCUT2D eigenvalue weighted by Gasteiger charge is -2.12. The standard InChI is InChI=1S/C18H16ClN3O3/c1-3-25-18(23)16-17(22-14-7-5-4-6-13(14)21-16)20-11-8-9-15(24-2)12(19)10-11/h4-10H,3H2,1-2H3,(H,20,22). The molecule has 3 aromatic rings. The van der Waals surface area contributed by atoms with Gasteiger partial charge < -0.3 is 14.8 Å². The van der Waals surface area contributed by atoms with E-state index in [2.05, 4.69) is 15.3 Å². The number of esters is 1. The number of ether oxygens (including phenoxy) is 2. The van der Waals surface area contributed by atoms with Gasteiger partial charge in [-0.05, 0) is 37.3 Å². The van der Waals surface area contributed by atoms with Crippen LogP contribution in [0.15, 0.2) is 42.5 Å². The molecule has 0 saturated heterocycles. The van der Waals surface area contributed by atoms with Gasteiger partial charge in [0, 0.05) is 5.69 Å². The highest BCUT2D eigenvalue weighted by Gasteiger charge is 2.18. The Hall–Kier alpha value is -2.86. The number of para-hydroxylation sites is 2. The molecule has 0 aliphatic rings. The number of aromatic nitrogens is 2. The van der Waals surface area contributed by atoms with Gasteiger partial charge in [-0.2, -0.15) is 0 Å². The number of nitrogens with one attached hydrogen (secondary N) is 1. The molecule has 6 nitrogen and oxygen atoms in total. The van der Waals surface area contributed by atoms with E-state index in [1.807, 2.05) is 18.2 Å². The van der Waals surface area contributed by atoms with E-state index in [0.717, 1.165) is 0 Å². The van der Waals surface area contributed by atoms with Gasteiger partial charge in [0.15, 0.2) is 11.5 Å². The molecule has 3 rings (SSSR count). The number of hydrogen-bond acceptors (Lipinski definition) is 6. The summed E-state index contributed by atoms with van der Waals surface area (Å²) in [6.45, 7) is 1.99. The van der Waals surface area contributed by atoms with Gasteiger partial charge in [-0.3, -0.25) is 0 Å². The quantitative estimate of drug-likeness (QED) is 0.689. The number of rotatable bonds is 5. The summed E-state index contributed by atoms with van der Waals surface area (Å²) < 4.78 is 10.2. The Morgan fingerprint density at radius 1 is 1.16 bits per heavy atom. The van der Waals surface area contributed by atoms with Crippen molar-refractivity contribution in [2.24, 2.45) is 0 Å².